The highest BCUT2D eigenvalue weighted by Gasteiger charge is 2.50. The Hall–Kier alpha value is -3.87. The maximum absolute atomic E-state index is 16.9. The van der Waals surface area contributed by atoms with Gasteiger partial charge in [0.15, 0.2) is 5.82 Å². The van der Waals surface area contributed by atoms with Gasteiger partial charge in [-0.15, -0.1) is 11.3 Å². The van der Waals surface area contributed by atoms with Crippen LogP contribution in [0.15, 0.2) is 36.0 Å². The van der Waals surface area contributed by atoms with Crippen molar-refractivity contribution in [2.45, 2.75) is 63.3 Å². The number of halogens is 1. The SMILES string of the molecule is CC(CN1CCCC1)Oc1nc2c(F)c(-c3cccc4scnc34)ncc2c2c1cc(C1CCCN1C(=O)O)n2[C@H]1[C@H]2CN[C@@H]1C2. The molecule has 1 aliphatic carbocycles. The Morgan fingerprint density at radius 1 is 1.17 bits per heavy atom. The number of ether oxygens (including phenoxy) is 1. The van der Waals surface area contributed by atoms with Gasteiger partial charge in [0.2, 0.25) is 5.88 Å². The number of rotatable bonds is 7. The lowest BCUT2D eigenvalue weighted by atomic mass is 9.79. The first-order valence-electron chi connectivity index (χ1n) is 16.4. The van der Waals surface area contributed by atoms with Crippen molar-refractivity contribution in [3.8, 4) is 17.1 Å². The Labute approximate surface area is 269 Å². The van der Waals surface area contributed by atoms with E-state index in [4.69, 9.17) is 14.7 Å². The highest BCUT2D eigenvalue weighted by Crippen LogP contribution is 2.50. The van der Waals surface area contributed by atoms with Crippen LogP contribution < -0.4 is 10.1 Å². The molecule has 1 amide bonds. The van der Waals surface area contributed by atoms with E-state index < -0.39 is 11.9 Å². The molecule has 46 heavy (non-hydrogen) atoms. The van der Waals surface area contributed by atoms with Crippen molar-refractivity contribution in [1.82, 2.24) is 34.6 Å². The van der Waals surface area contributed by atoms with Crippen molar-refractivity contribution in [1.29, 1.82) is 0 Å². The molecule has 5 fully saturated rings. The third kappa shape index (κ3) is 4.33. The van der Waals surface area contributed by atoms with Gasteiger partial charge in [0.05, 0.1) is 38.7 Å². The van der Waals surface area contributed by atoms with Crippen molar-refractivity contribution >= 4 is 49.5 Å². The number of carboxylic acid groups (broad SMARTS) is 1. The molecule has 0 spiro atoms. The summed E-state index contributed by atoms with van der Waals surface area (Å²) in [6, 6.07) is 7.92. The number of hydrogen-bond donors (Lipinski definition) is 2. The third-order valence-electron chi connectivity index (χ3n) is 10.6. The number of para-hydroxylation sites is 1. The Balaban J connectivity index is 1.28. The summed E-state index contributed by atoms with van der Waals surface area (Å²) < 4.78 is 26.8. The summed E-state index contributed by atoms with van der Waals surface area (Å²) in [4.78, 5) is 30.5. The summed E-state index contributed by atoms with van der Waals surface area (Å²) in [5.74, 6) is 0.297. The van der Waals surface area contributed by atoms with Crippen LogP contribution in [0.4, 0.5) is 9.18 Å². The summed E-state index contributed by atoms with van der Waals surface area (Å²) in [6.45, 7) is 6.31. The van der Waals surface area contributed by atoms with Crippen molar-refractivity contribution in [2.75, 3.05) is 32.7 Å². The molecule has 4 aromatic heterocycles. The number of likely N-dealkylation sites (tertiary alicyclic amines) is 2. The van der Waals surface area contributed by atoms with Crippen LogP contribution in [-0.2, 0) is 0 Å². The number of amides is 1. The van der Waals surface area contributed by atoms with Gasteiger partial charge in [-0.2, -0.15) is 0 Å². The molecule has 12 heteroatoms. The highest BCUT2D eigenvalue weighted by molar-refractivity contribution is 7.16. The smallest absolute Gasteiger partial charge is 0.407 e. The lowest BCUT2D eigenvalue weighted by Crippen LogP contribution is -2.40. The molecule has 2 bridgehead atoms. The van der Waals surface area contributed by atoms with E-state index in [-0.39, 0.29) is 35.4 Å². The molecule has 2 unspecified atom stereocenters. The number of aromatic nitrogens is 4. The van der Waals surface area contributed by atoms with Gasteiger partial charge >= 0.3 is 6.09 Å². The number of benzene rings is 1. The first-order chi connectivity index (χ1) is 22.5. The zero-order valence-corrected chi connectivity index (χ0v) is 26.5. The quantitative estimate of drug-likeness (QED) is 0.216. The Morgan fingerprint density at radius 2 is 2.04 bits per heavy atom. The molecule has 4 saturated heterocycles. The molecule has 5 atom stereocenters. The van der Waals surface area contributed by atoms with Crippen molar-refractivity contribution in [2.24, 2.45) is 5.92 Å². The number of fused-ring (bicyclic) bond motifs is 5. The second-order valence-electron chi connectivity index (χ2n) is 13.4. The lowest BCUT2D eigenvalue weighted by molar-refractivity contribution is 0.136. The van der Waals surface area contributed by atoms with Crippen molar-refractivity contribution < 1.29 is 19.0 Å². The molecule has 1 aromatic carbocycles. The van der Waals surface area contributed by atoms with Crippen LogP contribution in [0.5, 0.6) is 5.88 Å². The Morgan fingerprint density at radius 3 is 2.83 bits per heavy atom. The second kappa shape index (κ2) is 10.9. The highest BCUT2D eigenvalue weighted by atomic mass is 32.1. The lowest BCUT2D eigenvalue weighted by Gasteiger charge is -2.39. The van der Waals surface area contributed by atoms with Crippen LogP contribution in [0.1, 0.15) is 56.8 Å². The van der Waals surface area contributed by atoms with Crippen LogP contribution in [0.2, 0.25) is 0 Å². The van der Waals surface area contributed by atoms with Crippen LogP contribution in [0.3, 0.4) is 0 Å². The minimum absolute atomic E-state index is 0.135. The zero-order chi connectivity index (χ0) is 31.1. The predicted molar refractivity (Wildman–Crippen MR) is 175 cm³/mol. The standard InChI is InChI=1S/C34H36FN7O3S/c1-18(16-40-9-2-3-10-40)45-33-21-13-25(24-7-5-11-41(24)34(43)44)42(31-19-12-23(31)36-14-19)32(21)22-15-37-29(27(35)30(22)39-33)20-6-4-8-26-28(20)38-17-46-26/h4,6,8,13,15,17-19,23-24,31,36H,2-3,5,7,9-12,14,16H2,1H3,(H,43,44)/t18?,19-,23-,24?,31+/m1/s1. The van der Waals surface area contributed by atoms with E-state index in [0.29, 0.717) is 34.8 Å². The van der Waals surface area contributed by atoms with E-state index in [1.165, 1.54) is 24.2 Å². The van der Waals surface area contributed by atoms with E-state index in [2.05, 4.69) is 25.8 Å². The van der Waals surface area contributed by atoms with E-state index in [0.717, 1.165) is 66.7 Å². The van der Waals surface area contributed by atoms with Gasteiger partial charge in [0.1, 0.15) is 17.3 Å². The van der Waals surface area contributed by atoms with Gasteiger partial charge in [0.25, 0.3) is 0 Å². The monoisotopic (exact) mass is 641 g/mol. The number of carbonyl (C=O) groups is 1. The second-order valence-corrected chi connectivity index (χ2v) is 14.3. The fraction of sp³-hybridized carbons (Fsp3) is 0.471. The molecule has 10 rings (SSSR count). The zero-order valence-electron chi connectivity index (χ0n) is 25.7. The topological polar surface area (TPSA) is 109 Å². The molecule has 4 aliphatic heterocycles. The fourth-order valence-corrected chi connectivity index (χ4v) is 9.24. The van der Waals surface area contributed by atoms with Crippen molar-refractivity contribution in [3.05, 3.63) is 47.5 Å². The first-order valence-corrected chi connectivity index (χ1v) is 17.3. The predicted octanol–water partition coefficient (Wildman–Crippen LogP) is 6.21. The molecule has 5 aliphatic rings. The van der Waals surface area contributed by atoms with Gasteiger partial charge in [0, 0.05) is 48.5 Å². The maximum Gasteiger partial charge on any atom is 0.407 e. The summed E-state index contributed by atoms with van der Waals surface area (Å²) in [5.41, 5.74) is 5.29. The van der Waals surface area contributed by atoms with Crippen LogP contribution >= 0.6 is 11.3 Å². The van der Waals surface area contributed by atoms with Crippen LogP contribution in [-0.4, -0.2) is 85.4 Å². The maximum atomic E-state index is 16.9. The van der Waals surface area contributed by atoms with Crippen LogP contribution in [0, 0.1) is 11.7 Å². The summed E-state index contributed by atoms with van der Waals surface area (Å²) >= 11 is 1.51. The Kier molecular flexibility index (Phi) is 6.69. The molecule has 0 radical (unpaired) electrons. The average Bonchev–Trinajstić information content (AvgIpc) is 3.88. The van der Waals surface area contributed by atoms with E-state index in [1.54, 1.807) is 16.6 Å². The molecule has 238 valence electrons. The number of nitrogens with one attached hydrogen (secondary N) is 1. The summed E-state index contributed by atoms with van der Waals surface area (Å²) in [6.07, 6.45) is 5.63. The molecule has 2 N–H and O–H groups in total. The molecule has 1 saturated carbocycles. The van der Waals surface area contributed by atoms with E-state index in [1.807, 2.05) is 25.1 Å². The van der Waals surface area contributed by atoms with E-state index in [9.17, 15) is 9.90 Å². The molecule has 10 nitrogen and oxygen atoms in total. The number of hydrogen-bond acceptors (Lipinski definition) is 8. The number of thiazole rings is 1. The van der Waals surface area contributed by atoms with Gasteiger partial charge in [-0.05, 0) is 70.2 Å². The fourth-order valence-electron chi connectivity index (χ4n) is 8.54. The largest absolute Gasteiger partial charge is 0.473 e. The minimum atomic E-state index is -0.915. The normalized spacial score (nSPS) is 25.2. The average molecular weight is 642 g/mol. The van der Waals surface area contributed by atoms with Gasteiger partial charge in [-0.25, -0.2) is 19.2 Å². The van der Waals surface area contributed by atoms with Gasteiger partial charge < -0.3 is 19.7 Å². The first kappa shape index (κ1) is 28.4. The van der Waals surface area contributed by atoms with Gasteiger partial charge in [-0.3, -0.25) is 14.8 Å². The van der Waals surface area contributed by atoms with Crippen LogP contribution in [0.25, 0.3) is 43.3 Å². The van der Waals surface area contributed by atoms with Gasteiger partial charge in [-0.1, -0.05) is 12.1 Å². The molecular formula is C34H36FN7O3S. The van der Waals surface area contributed by atoms with E-state index >= 15 is 4.39 Å². The summed E-state index contributed by atoms with van der Waals surface area (Å²) in [7, 11) is 0. The molecular weight excluding hydrogens is 605 g/mol. The third-order valence-corrected chi connectivity index (χ3v) is 11.4. The molecule has 5 aromatic rings. The molecule has 8 heterocycles. The minimum Gasteiger partial charge on any atom is -0.473 e. The summed E-state index contributed by atoms with van der Waals surface area (Å²) in [5, 5.41) is 15.2. The van der Waals surface area contributed by atoms with Crippen molar-refractivity contribution in [3.63, 3.8) is 0 Å². The number of pyridine rings is 2. The number of nitrogens with zero attached hydrogens (tertiary/aromatic N) is 6. The Bertz CT molecular complexity index is 1990.